The van der Waals surface area contributed by atoms with E-state index in [2.05, 4.69) is 25.7 Å². The fourth-order valence-electron chi connectivity index (χ4n) is 5.00. The Labute approximate surface area is 242 Å². The lowest BCUT2D eigenvalue weighted by Gasteiger charge is -2.34. The van der Waals surface area contributed by atoms with E-state index in [1.807, 2.05) is 0 Å². The van der Waals surface area contributed by atoms with E-state index >= 15 is 0 Å². The molecular weight excluding hydrogens is 563 g/mol. The fraction of sp³-hybridized carbons (Fsp3) is 0.571. The van der Waals surface area contributed by atoms with Crippen molar-refractivity contribution in [3.05, 3.63) is 47.5 Å². The number of carbonyl (C=O) groups is 2. The Morgan fingerprint density at radius 2 is 1.95 bits per heavy atom. The maximum Gasteiger partial charge on any atom is 0.416 e. The second-order valence-electron chi connectivity index (χ2n) is 11.6. The quantitative estimate of drug-likeness (QED) is 0.265. The molecule has 2 aromatic heterocycles. The third-order valence-corrected chi connectivity index (χ3v) is 7.75. The van der Waals surface area contributed by atoms with E-state index in [9.17, 15) is 31.5 Å². The van der Waals surface area contributed by atoms with Crippen molar-refractivity contribution in [2.75, 3.05) is 6.61 Å². The van der Waals surface area contributed by atoms with Gasteiger partial charge in [0.1, 0.15) is 17.6 Å². The standard InChI is InChI=1S/C28H33F5N6O3/c1-26(2,28(31,32)33)42-14-20(37-25(41)21-8-9-34-39(21)3)24-35-18-7-6-17(11-19(18)36-24)23(16-4-5-16)38-22(40)10-15-12-27(29,30)13-15/h6-9,11,15-16,20,23H,4-5,10,12-14H2,1-3H3,(H,35,36)(H,37,41)(H,38,40)/t20-,23+/m0/s1/i3D3. The monoisotopic (exact) mass is 599 g/mol. The average molecular weight is 600 g/mol. The Kier molecular flexibility index (Phi) is 6.80. The number of H-pyrrole nitrogens is 1. The number of ether oxygens (including phenoxy) is 1. The zero-order chi connectivity index (χ0) is 32.9. The molecule has 0 bridgehead atoms. The Hall–Kier alpha value is -3.55. The van der Waals surface area contributed by atoms with Crippen LogP contribution in [0.1, 0.15) is 84.0 Å². The van der Waals surface area contributed by atoms with Crippen molar-refractivity contribution in [2.45, 2.75) is 75.7 Å². The summed E-state index contributed by atoms with van der Waals surface area (Å²) in [5.41, 5.74) is -1.34. The SMILES string of the molecule is [2H]C([2H])([2H])n1nccc1C(=O)N[C@@H](COC(C)(C)C(F)(F)F)c1nc2cc([C@H](NC(=O)CC3CC(F)(F)C3)C3CC3)ccc2[nH]1. The van der Waals surface area contributed by atoms with Crippen LogP contribution in [-0.4, -0.2) is 55.9 Å². The first-order valence-corrected chi connectivity index (χ1v) is 13.6. The van der Waals surface area contributed by atoms with Gasteiger partial charge in [0.05, 0.1) is 23.7 Å². The highest BCUT2D eigenvalue weighted by atomic mass is 19.4. The molecular formula is C28H33F5N6O3. The topological polar surface area (TPSA) is 114 Å². The normalized spacial score (nSPS) is 20.2. The van der Waals surface area contributed by atoms with Gasteiger partial charge in [-0.3, -0.25) is 14.3 Å². The highest BCUT2D eigenvalue weighted by molar-refractivity contribution is 5.92. The van der Waals surface area contributed by atoms with Crippen molar-refractivity contribution >= 4 is 22.8 Å². The van der Waals surface area contributed by atoms with Gasteiger partial charge in [0.2, 0.25) is 11.8 Å². The van der Waals surface area contributed by atoms with Gasteiger partial charge >= 0.3 is 6.18 Å². The van der Waals surface area contributed by atoms with Gasteiger partial charge in [0, 0.05) is 36.5 Å². The smallest absolute Gasteiger partial charge is 0.364 e. The number of carbonyl (C=O) groups excluding carboxylic acids is 2. The average Bonchev–Trinajstić information content (AvgIpc) is 3.44. The molecule has 2 atom stereocenters. The summed E-state index contributed by atoms with van der Waals surface area (Å²) in [7, 11) is 0. The van der Waals surface area contributed by atoms with Crippen LogP contribution < -0.4 is 10.6 Å². The molecule has 14 heteroatoms. The fourth-order valence-corrected chi connectivity index (χ4v) is 5.00. The Balaban J connectivity index is 1.38. The number of fused-ring (bicyclic) bond motifs is 1. The molecule has 3 aromatic rings. The number of benzene rings is 1. The van der Waals surface area contributed by atoms with Crippen LogP contribution in [0.5, 0.6) is 0 Å². The lowest BCUT2D eigenvalue weighted by molar-refractivity contribution is -0.265. The van der Waals surface area contributed by atoms with Gasteiger partial charge in [-0.25, -0.2) is 13.8 Å². The van der Waals surface area contributed by atoms with Gasteiger partial charge < -0.3 is 20.4 Å². The number of hydrogen-bond acceptors (Lipinski definition) is 5. The van der Waals surface area contributed by atoms with Crippen molar-refractivity contribution in [3.8, 4) is 0 Å². The highest BCUT2D eigenvalue weighted by Gasteiger charge is 2.49. The van der Waals surface area contributed by atoms with Crippen LogP contribution in [0.25, 0.3) is 11.0 Å². The first-order valence-electron chi connectivity index (χ1n) is 15.1. The number of nitrogens with zero attached hydrogens (tertiary/aromatic N) is 3. The van der Waals surface area contributed by atoms with Gasteiger partial charge in [-0.05, 0) is 62.3 Å². The Morgan fingerprint density at radius 3 is 2.60 bits per heavy atom. The van der Waals surface area contributed by atoms with Crippen LogP contribution in [-0.2, 0) is 16.5 Å². The molecule has 2 aliphatic carbocycles. The van der Waals surface area contributed by atoms with Crippen molar-refractivity contribution in [2.24, 2.45) is 18.8 Å². The van der Waals surface area contributed by atoms with Crippen LogP contribution in [0, 0.1) is 11.8 Å². The molecule has 0 spiro atoms. The van der Waals surface area contributed by atoms with Crippen molar-refractivity contribution in [3.63, 3.8) is 0 Å². The van der Waals surface area contributed by atoms with Crippen molar-refractivity contribution < 1.29 is 40.4 Å². The lowest BCUT2D eigenvalue weighted by atomic mass is 9.79. The number of halogens is 5. The summed E-state index contributed by atoms with van der Waals surface area (Å²) in [6.45, 7) is -1.78. The summed E-state index contributed by atoms with van der Waals surface area (Å²) in [4.78, 5) is 33.3. The molecule has 9 nitrogen and oxygen atoms in total. The summed E-state index contributed by atoms with van der Waals surface area (Å²) in [5, 5.41) is 9.14. The van der Waals surface area contributed by atoms with E-state index in [-0.39, 0.29) is 54.6 Å². The van der Waals surface area contributed by atoms with E-state index in [0.29, 0.717) is 21.3 Å². The molecule has 2 amide bonds. The first-order chi connectivity index (χ1) is 20.8. The summed E-state index contributed by atoms with van der Waals surface area (Å²) in [6, 6.07) is 4.66. The molecule has 2 aliphatic rings. The van der Waals surface area contributed by atoms with Gasteiger partial charge in [0.15, 0.2) is 5.60 Å². The molecule has 3 N–H and O–H groups in total. The number of rotatable bonds is 11. The van der Waals surface area contributed by atoms with Crippen LogP contribution in [0.2, 0.25) is 0 Å². The second kappa shape index (κ2) is 10.9. The number of imidazole rings is 1. The van der Waals surface area contributed by atoms with Crippen LogP contribution in [0.4, 0.5) is 22.0 Å². The minimum atomic E-state index is -4.73. The van der Waals surface area contributed by atoms with Crippen LogP contribution >= 0.6 is 0 Å². The van der Waals surface area contributed by atoms with Gasteiger partial charge in [-0.2, -0.15) is 18.3 Å². The largest absolute Gasteiger partial charge is 0.416 e. The summed E-state index contributed by atoms with van der Waals surface area (Å²) < 4.78 is 95.6. The zero-order valence-corrected chi connectivity index (χ0v) is 22.9. The van der Waals surface area contributed by atoms with Crippen molar-refractivity contribution in [1.82, 2.24) is 30.4 Å². The number of amides is 2. The van der Waals surface area contributed by atoms with E-state index < -0.39 is 43.2 Å². The molecule has 2 saturated carbocycles. The predicted molar refractivity (Wildman–Crippen MR) is 141 cm³/mol. The second-order valence-corrected chi connectivity index (χ2v) is 11.6. The maximum absolute atomic E-state index is 13.6. The third-order valence-electron chi connectivity index (χ3n) is 7.75. The molecule has 0 radical (unpaired) electrons. The molecule has 1 aromatic carbocycles. The Bertz CT molecular complexity index is 1560. The van der Waals surface area contributed by atoms with E-state index in [1.54, 1.807) is 18.2 Å². The molecule has 2 fully saturated rings. The van der Waals surface area contributed by atoms with Crippen molar-refractivity contribution in [1.29, 1.82) is 0 Å². The van der Waals surface area contributed by atoms with E-state index in [1.165, 1.54) is 0 Å². The highest BCUT2D eigenvalue weighted by Crippen LogP contribution is 2.45. The summed E-state index contributed by atoms with van der Waals surface area (Å²) in [6.07, 6.45) is -2.50. The molecule has 0 aliphatic heterocycles. The zero-order valence-electron chi connectivity index (χ0n) is 25.9. The number of aryl methyl sites for hydroxylation is 1. The first kappa shape index (κ1) is 26.1. The summed E-state index contributed by atoms with van der Waals surface area (Å²) in [5.74, 6) is -4.13. The third kappa shape index (κ3) is 6.58. The number of hydrogen-bond donors (Lipinski definition) is 3. The number of aromatic nitrogens is 4. The van der Waals surface area contributed by atoms with Crippen LogP contribution in [0.15, 0.2) is 30.5 Å². The van der Waals surface area contributed by atoms with Gasteiger partial charge in [-0.15, -0.1) is 0 Å². The number of alkyl halides is 5. The molecule has 0 saturated heterocycles. The van der Waals surface area contributed by atoms with E-state index in [4.69, 9.17) is 8.85 Å². The lowest BCUT2D eigenvalue weighted by Crippen LogP contribution is -2.44. The molecule has 228 valence electrons. The minimum absolute atomic E-state index is 0.00391. The van der Waals surface area contributed by atoms with Crippen LogP contribution in [0.3, 0.4) is 0 Å². The number of aromatic amines is 1. The van der Waals surface area contributed by atoms with Gasteiger partial charge in [-0.1, -0.05) is 6.07 Å². The Morgan fingerprint density at radius 1 is 1.21 bits per heavy atom. The minimum Gasteiger partial charge on any atom is -0.364 e. The number of nitrogens with one attached hydrogen (secondary N) is 3. The predicted octanol–water partition coefficient (Wildman–Crippen LogP) is 5.13. The molecule has 5 rings (SSSR count). The maximum atomic E-state index is 13.6. The summed E-state index contributed by atoms with van der Waals surface area (Å²) >= 11 is 0. The molecule has 42 heavy (non-hydrogen) atoms. The molecule has 2 heterocycles. The molecule has 0 unspecified atom stereocenters. The van der Waals surface area contributed by atoms with E-state index in [0.717, 1.165) is 39.0 Å². The van der Waals surface area contributed by atoms with Gasteiger partial charge in [0.25, 0.3) is 5.91 Å².